The van der Waals surface area contributed by atoms with Crippen LogP contribution in [0.4, 0.5) is 0 Å². The van der Waals surface area contributed by atoms with Gasteiger partial charge >= 0.3 is 0 Å². The molecular weight excluding hydrogens is 170 g/mol. The van der Waals surface area contributed by atoms with Crippen LogP contribution in [0.5, 0.6) is 0 Å². The van der Waals surface area contributed by atoms with Crippen LogP contribution in [0.25, 0.3) is 10.9 Å². The maximum atomic E-state index is 11.4. The van der Waals surface area contributed by atoms with E-state index >= 15 is 0 Å². The molecule has 1 aromatic carbocycles. The van der Waals surface area contributed by atoms with Crippen LogP contribution in [0.3, 0.4) is 0 Å². The molecule has 3 heteroatoms. The second-order valence-electron chi connectivity index (χ2n) is 2.55. The Labute approximate surface area is 74.6 Å². The summed E-state index contributed by atoms with van der Waals surface area (Å²) >= 11 is 4.03. The number of benzene rings is 1. The van der Waals surface area contributed by atoms with E-state index in [1.54, 1.807) is 12.3 Å². The predicted molar refractivity (Wildman–Crippen MR) is 51.8 cm³/mol. The van der Waals surface area contributed by atoms with E-state index in [4.69, 9.17) is 0 Å². The van der Waals surface area contributed by atoms with Gasteiger partial charge in [0.1, 0.15) is 0 Å². The first-order valence-electron chi connectivity index (χ1n) is 3.58. The number of H-pyrrole nitrogens is 1. The van der Waals surface area contributed by atoms with Crippen LogP contribution in [0, 0.1) is 0 Å². The van der Waals surface area contributed by atoms with Gasteiger partial charge in [-0.3, -0.25) is 4.79 Å². The third-order valence-corrected chi connectivity index (χ3v) is 2.10. The van der Waals surface area contributed by atoms with Crippen LogP contribution in [-0.2, 0) is 0 Å². The molecule has 0 spiro atoms. The number of hydrogen-bond donors (Lipinski definition) is 2. The van der Waals surface area contributed by atoms with Crippen molar-refractivity contribution in [1.29, 1.82) is 0 Å². The molecule has 2 rings (SSSR count). The molecule has 0 radical (unpaired) electrons. The number of pyridine rings is 1. The van der Waals surface area contributed by atoms with Crippen LogP contribution in [0.15, 0.2) is 40.2 Å². The van der Waals surface area contributed by atoms with Crippen molar-refractivity contribution in [2.45, 2.75) is 4.90 Å². The lowest BCUT2D eigenvalue weighted by molar-refractivity contribution is 1.27. The molecule has 0 fully saturated rings. The molecule has 1 heterocycles. The number of para-hydroxylation sites is 1. The van der Waals surface area contributed by atoms with Crippen LogP contribution >= 0.6 is 12.6 Å². The minimum Gasteiger partial charge on any atom is -0.360 e. The summed E-state index contributed by atoms with van der Waals surface area (Å²) in [5, 5.41) is 0.685. The average Bonchev–Trinajstić information content (AvgIpc) is 2.12. The molecule has 0 saturated carbocycles. The lowest BCUT2D eigenvalue weighted by atomic mass is 10.2. The van der Waals surface area contributed by atoms with E-state index in [2.05, 4.69) is 17.6 Å². The zero-order valence-corrected chi connectivity index (χ0v) is 7.14. The maximum absolute atomic E-state index is 11.4. The van der Waals surface area contributed by atoms with Crippen LogP contribution in [0.2, 0.25) is 0 Å². The molecule has 0 atom stereocenters. The van der Waals surface area contributed by atoms with Crippen LogP contribution < -0.4 is 5.43 Å². The number of hydrogen-bond acceptors (Lipinski definition) is 2. The number of aromatic amines is 1. The molecule has 0 bridgehead atoms. The molecule has 2 nitrogen and oxygen atoms in total. The molecule has 0 aliphatic rings. The summed E-state index contributed by atoms with van der Waals surface area (Å²) in [5.74, 6) is 0. The Bertz CT molecular complexity index is 475. The van der Waals surface area contributed by atoms with E-state index < -0.39 is 0 Å². The lowest BCUT2D eigenvalue weighted by Crippen LogP contribution is -2.02. The first-order chi connectivity index (χ1) is 5.79. The van der Waals surface area contributed by atoms with Crippen molar-refractivity contribution in [2.24, 2.45) is 0 Å². The minimum absolute atomic E-state index is 0.0207. The van der Waals surface area contributed by atoms with Crippen molar-refractivity contribution in [3.05, 3.63) is 40.7 Å². The Morgan fingerprint density at radius 3 is 2.83 bits per heavy atom. The van der Waals surface area contributed by atoms with Crippen molar-refractivity contribution >= 4 is 23.5 Å². The topological polar surface area (TPSA) is 32.9 Å². The van der Waals surface area contributed by atoms with Crippen molar-refractivity contribution in [3.8, 4) is 0 Å². The molecule has 1 N–H and O–H groups in total. The average molecular weight is 177 g/mol. The van der Waals surface area contributed by atoms with Gasteiger partial charge in [0, 0.05) is 17.1 Å². The third kappa shape index (κ3) is 1.02. The van der Waals surface area contributed by atoms with E-state index in [1.165, 1.54) is 0 Å². The highest BCUT2D eigenvalue weighted by molar-refractivity contribution is 7.80. The van der Waals surface area contributed by atoms with Crippen molar-refractivity contribution in [3.63, 3.8) is 0 Å². The quantitative estimate of drug-likeness (QED) is 0.591. The van der Waals surface area contributed by atoms with Gasteiger partial charge in [-0.1, -0.05) is 12.1 Å². The Balaban J connectivity index is 3.01. The van der Waals surface area contributed by atoms with Crippen LogP contribution in [0.1, 0.15) is 0 Å². The van der Waals surface area contributed by atoms with Gasteiger partial charge in [0.05, 0.1) is 4.90 Å². The molecule has 1 aromatic heterocycles. The first-order valence-corrected chi connectivity index (χ1v) is 4.03. The molecule has 2 aromatic rings. The van der Waals surface area contributed by atoms with Gasteiger partial charge in [0.15, 0.2) is 0 Å². The van der Waals surface area contributed by atoms with Gasteiger partial charge in [0.25, 0.3) is 0 Å². The molecule has 12 heavy (non-hydrogen) atoms. The lowest BCUT2D eigenvalue weighted by Gasteiger charge is -1.96. The predicted octanol–water partition coefficient (Wildman–Crippen LogP) is 1.82. The molecule has 0 saturated heterocycles. The Morgan fingerprint density at radius 2 is 2.00 bits per heavy atom. The zero-order valence-electron chi connectivity index (χ0n) is 6.24. The summed E-state index contributed by atoms with van der Waals surface area (Å²) in [6.07, 6.45) is 1.60. The van der Waals surface area contributed by atoms with Gasteiger partial charge in [-0.15, -0.1) is 12.6 Å². The van der Waals surface area contributed by atoms with E-state index in [1.807, 2.05) is 18.2 Å². The zero-order chi connectivity index (χ0) is 8.55. The molecule has 0 amide bonds. The number of nitrogens with one attached hydrogen (secondary N) is 1. The van der Waals surface area contributed by atoms with Crippen molar-refractivity contribution in [2.75, 3.05) is 0 Å². The molecule has 60 valence electrons. The molecule has 0 aliphatic carbocycles. The van der Waals surface area contributed by atoms with Gasteiger partial charge in [-0.05, 0) is 12.1 Å². The fourth-order valence-corrected chi connectivity index (χ4v) is 1.34. The normalized spacial score (nSPS) is 10.4. The summed E-state index contributed by atoms with van der Waals surface area (Å²) < 4.78 is 0. The monoisotopic (exact) mass is 177 g/mol. The van der Waals surface area contributed by atoms with Gasteiger partial charge in [0.2, 0.25) is 5.43 Å². The first kappa shape index (κ1) is 7.43. The minimum atomic E-state index is -0.0207. The summed E-state index contributed by atoms with van der Waals surface area (Å²) in [6.45, 7) is 0. The maximum Gasteiger partial charge on any atom is 0.202 e. The summed E-state index contributed by atoms with van der Waals surface area (Å²) in [7, 11) is 0. The third-order valence-electron chi connectivity index (χ3n) is 1.77. The number of thiol groups is 1. The summed E-state index contributed by atoms with van der Waals surface area (Å²) in [4.78, 5) is 14.9. The van der Waals surface area contributed by atoms with Crippen LogP contribution in [-0.4, -0.2) is 4.98 Å². The molecule has 0 unspecified atom stereocenters. The largest absolute Gasteiger partial charge is 0.360 e. The highest BCUT2D eigenvalue weighted by atomic mass is 32.1. The smallest absolute Gasteiger partial charge is 0.202 e. The van der Waals surface area contributed by atoms with E-state index in [0.29, 0.717) is 10.3 Å². The highest BCUT2D eigenvalue weighted by Gasteiger charge is 1.98. The second kappa shape index (κ2) is 2.68. The fourth-order valence-electron chi connectivity index (χ4n) is 1.16. The Hall–Kier alpha value is -1.22. The standard InChI is InChI=1S/C9H7NOS/c11-9-6-3-1-2-4-7(6)10-5-8(9)12/h1-5,12H,(H,10,11). The van der Waals surface area contributed by atoms with Crippen molar-refractivity contribution < 1.29 is 0 Å². The van der Waals surface area contributed by atoms with Crippen molar-refractivity contribution in [1.82, 2.24) is 4.98 Å². The Kier molecular flexibility index (Phi) is 1.66. The second-order valence-corrected chi connectivity index (χ2v) is 3.03. The number of aromatic nitrogens is 1. The van der Waals surface area contributed by atoms with Gasteiger partial charge in [-0.2, -0.15) is 0 Å². The highest BCUT2D eigenvalue weighted by Crippen LogP contribution is 2.07. The summed E-state index contributed by atoms with van der Waals surface area (Å²) in [6, 6.07) is 7.37. The van der Waals surface area contributed by atoms with Gasteiger partial charge < -0.3 is 4.98 Å². The number of fused-ring (bicyclic) bond motifs is 1. The number of rotatable bonds is 0. The van der Waals surface area contributed by atoms with E-state index in [-0.39, 0.29) is 5.43 Å². The summed E-state index contributed by atoms with van der Waals surface area (Å²) in [5.41, 5.74) is 0.827. The fraction of sp³-hybridized carbons (Fsp3) is 0. The van der Waals surface area contributed by atoms with Gasteiger partial charge in [-0.25, -0.2) is 0 Å². The Morgan fingerprint density at radius 1 is 1.25 bits per heavy atom. The van der Waals surface area contributed by atoms with E-state index in [0.717, 1.165) is 5.52 Å². The van der Waals surface area contributed by atoms with E-state index in [9.17, 15) is 4.79 Å². The molecule has 0 aliphatic heterocycles. The molecular formula is C9H7NOS. The SMILES string of the molecule is O=c1c(S)c[nH]c2ccccc12.